The monoisotopic (exact) mass is 320 g/mol. The van der Waals surface area contributed by atoms with Crippen molar-refractivity contribution in [3.05, 3.63) is 29.8 Å². The molecule has 0 bridgehead atoms. The SMILES string of the molecule is CC1CNCCC1NC(=O)c1ccccc1OC(F)F.Cl. The molecule has 0 spiro atoms. The Morgan fingerprint density at radius 2 is 2.14 bits per heavy atom. The number of piperidine rings is 1. The fraction of sp³-hybridized carbons (Fsp3) is 0.500. The van der Waals surface area contributed by atoms with Gasteiger partial charge in [-0.1, -0.05) is 19.1 Å². The Labute approximate surface area is 128 Å². The molecule has 0 aromatic heterocycles. The fourth-order valence-corrected chi connectivity index (χ4v) is 2.33. The number of para-hydroxylation sites is 1. The fourth-order valence-electron chi connectivity index (χ4n) is 2.33. The molecule has 0 radical (unpaired) electrons. The van der Waals surface area contributed by atoms with Crippen LogP contribution < -0.4 is 15.4 Å². The van der Waals surface area contributed by atoms with Crippen molar-refractivity contribution in [1.82, 2.24) is 10.6 Å². The summed E-state index contributed by atoms with van der Waals surface area (Å²) in [7, 11) is 0. The lowest BCUT2D eigenvalue weighted by Crippen LogP contribution is -2.48. The number of alkyl halides is 2. The van der Waals surface area contributed by atoms with Crippen molar-refractivity contribution < 1.29 is 18.3 Å². The molecule has 1 aromatic carbocycles. The molecule has 1 saturated heterocycles. The number of benzene rings is 1. The number of nitrogens with one attached hydrogen (secondary N) is 2. The Morgan fingerprint density at radius 3 is 2.81 bits per heavy atom. The molecule has 1 heterocycles. The Balaban J connectivity index is 0.00000220. The van der Waals surface area contributed by atoms with E-state index >= 15 is 0 Å². The number of rotatable bonds is 4. The van der Waals surface area contributed by atoms with Crippen LogP contribution in [-0.2, 0) is 0 Å². The van der Waals surface area contributed by atoms with E-state index in [-0.39, 0.29) is 35.7 Å². The van der Waals surface area contributed by atoms with Crippen molar-refractivity contribution in [3.8, 4) is 5.75 Å². The largest absolute Gasteiger partial charge is 0.434 e. The predicted octanol–water partition coefficient (Wildman–Crippen LogP) is 2.44. The minimum Gasteiger partial charge on any atom is -0.434 e. The van der Waals surface area contributed by atoms with Gasteiger partial charge in [0.15, 0.2) is 0 Å². The van der Waals surface area contributed by atoms with Gasteiger partial charge in [0.1, 0.15) is 5.75 Å². The summed E-state index contributed by atoms with van der Waals surface area (Å²) in [6.45, 7) is 0.769. The van der Waals surface area contributed by atoms with Crippen molar-refractivity contribution in [2.24, 2.45) is 5.92 Å². The van der Waals surface area contributed by atoms with E-state index in [9.17, 15) is 13.6 Å². The van der Waals surface area contributed by atoms with Crippen LogP contribution in [0.2, 0.25) is 0 Å². The number of carbonyl (C=O) groups is 1. The third-order valence-corrected chi connectivity index (χ3v) is 3.45. The van der Waals surface area contributed by atoms with Gasteiger partial charge in [0.2, 0.25) is 0 Å². The van der Waals surface area contributed by atoms with E-state index in [1.807, 2.05) is 6.92 Å². The third-order valence-electron chi connectivity index (χ3n) is 3.45. The Bertz CT molecular complexity index is 474. The molecule has 1 aliphatic rings. The summed E-state index contributed by atoms with van der Waals surface area (Å²) in [5, 5.41) is 6.13. The van der Waals surface area contributed by atoms with Crippen LogP contribution >= 0.6 is 12.4 Å². The summed E-state index contributed by atoms with van der Waals surface area (Å²) in [5.41, 5.74) is 0.138. The van der Waals surface area contributed by atoms with Crippen LogP contribution in [0.3, 0.4) is 0 Å². The van der Waals surface area contributed by atoms with Crippen molar-refractivity contribution in [1.29, 1.82) is 0 Å². The Morgan fingerprint density at radius 1 is 1.43 bits per heavy atom. The predicted molar refractivity (Wildman–Crippen MR) is 78.2 cm³/mol. The Kier molecular flexibility index (Phi) is 6.84. The molecule has 2 N–H and O–H groups in total. The van der Waals surface area contributed by atoms with Crippen molar-refractivity contribution >= 4 is 18.3 Å². The van der Waals surface area contributed by atoms with E-state index in [0.717, 1.165) is 19.5 Å². The average Bonchev–Trinajstić information content (AvgIpc) is 2.41. The smallest absolute Gasteiger partial charge is 0.387 e. The summed E-state index contributed by atoms with van der Waals surface area (Å²) in [5.74, 6) is -0.169. The van der Waals surface area contributed by atoms with Gasteiger partial charge in [-0.25, -0.2) is 0 Å². The van der Waals surface area contributed by atoms with E-state index in [2.05, 4.69) is 15.4 Å². The lowest BCUT2D eigenvalue weighted by atomic mass is 9.95. The highest BCUT2D eigenvalue weighted by Crippen LogP contribution is 2.21. The Hall–Kier alpha value is -1.40. The highest BCUT2D eigenvalue weighted by Gasteiger charge is 2.24. The number of ether oxygens (including phenoxy) is 1. The number of hydrogen-bond acceptors (Lipinski definition) is 3. The number of hydrogen-bond donors (Lipinski definition) is 2. The molecule has 1 amide bonds. The molecule has 118 valence electrons. The summed E-state index contributed by atoms with van der Waals surface area (Å²) in [4.78, 5) is 12.2. The first-order valence-corrected chi connectivity index (χ1v) is 6.63. The number of halogens is 3. The van der Waals surface area contributed by atoms with Gasteiger partial charge in [-0.15, -0.1) is 12.4 Å². The van der Waals surface area contributed by atoms with Crippen molar-refractivity contribution in [3.63, 3.8) is 0 Å². The molecular formula is C14H19ClF2N2O2. The van der Waals surface area contributed by atoms with Gasteiger partial charge >= 0.3 is 6.61 Å². The van der Waals surface area contributed by atoms with Gasteiger partial charge in [-0.3, -0.25) is 4.79 Å². The molecule has 2 unspecified atom stereocenters. The number of amides is 1. The molecular weight excluding hydrogens is 302 g/mol. The normalized spacial score (nSPS) is 21.5. The lowest BCUT2D eigenvalue weighted by molar-refractivity contribution is -0.0501. The van der Waals surface area contributed by atoms with Gasteiger partial charge < -0.3 is 15.4 Å². The standard InChI is InChI=1S/C14H18F2N2O2.ClH/c1-9-8-17-7-6-11(9)18-13(19)10-4-2-3-5-12(10)20-14(15)16;/h2-5,9,11,14,17H,6-8H2,1H3,(H,18,19);1H. The minimum absolute atomic E-state index is 0. The lowest BCUT2D eigenvalue weighted by Gasteiger charge is -2.30. The zero-order valence-corrected chi connectivity index (χ0v) is 12.5. The maximum Gasteiger partial charge on any atom is 0.387 e. The van der Waals surface area contributed by atoms with Crippen LogP contribution in [0.4, 0.5) is 8.78 Å². The summed E-state index contributed by atoms with van der Waals surface area (Å²) in [6.07, 6.45) is 0.824. The first-order valence-electron chi connectivity index (χ1n) is 6.63. The topological polar surface area (TPSA) is 50.4 Å². The second kappa shape index (κ2) is 8.14. The molecule has 1 aliphatic heterocycles. The molecule has 2 rings (SSSR count). The summed E-state index contributed by atoms with van der Waals surface area (Å²) in [6, 6.07) is 6.08. The van der Waals surface area contributed by atoms with E-state index < -0.39 is 6.61 Å². The molecule has 1 aromatic rings. The van der Waals surface area contributed by atoms with E-state index in [1.165, 1.54) is 12.1 Å². The molecule has 7 heteroatoms. The quantitative estimate of drug-likeness (QED) is 0.896. The van der Waals surface area contributed by atoms with Crippen LogP contribution in [0.1, 0.15) is 23.7 Å². The maximum atomic E-state index is 12.3. The van der Waals surface area contributed by atoms with Gasteiger partial charge in [0.05, 0.1) is 5.56 Å². The molecule has 0 saturated carbocycles. The highest BCUT2D eigenvalue weighted by atomic mass is 35.5. The van der Waals surface area contributed by atoms with Crippen LogP contribution in [0.25, 0.3) is 0 Å². The van der Waals surface area contributed by atoms with Gasteiger partial charge in [0, 0.05) is 6.04 Å². The van der Waals surface area contributed by atoms with E-state index in [0.29, 0.717) is 5.92 Å². The first kappa shape index (κ1) is 17.7. The summed E-state index contributed by atoms with van der Waals surface area (Å²) >= 11 is 0. The highest BCUT2D eigenvalue weighted by molar-refractivity contribution is 5.97. The molecule has 0 aliphatic carbocycles. The third kappa shape index (κ3) is 4.82. The number of carbonyl (C=O) groups excluding carboxylic acids is 1. The first-order chi connectivity index (χ1) is 9.58. The van der Waals surface area contributed by atoms with Crippen molar-refractivity contribution in [2.75, 3.05) is 13.1 Å². The minimum atomic E-state index is -2.94. The van der Waals surface area contributed by atoms with Crippen molar-refractivity contribution in [2.45, 2.75) is 26.0 Å². The zero-order chi connectivity index (χ0) is 14.5. The van der Waals surface area contributed by atoms with Crippen LogP contribution in [0.5, 0.6) is 5.75 Å². The van der Waals surface area contributed by atoms with Gasteiger partial charge in [0.25, 0.3) is 5.91 Å². The van der Waals surface area contributed by atoms with E-state index in [4.69, 9.17) is 0 Å². The van der Waals surface area contributed by atoms with Crippen LogP contribution in [0.15, 0.2) is 24.3 Å². The maximum absolute atomic E-state index is 12.3. The molecule has 2 atom stereocenters. The van der Waals surface area contributed by atoms with Crippen LogP contribution in [-0.4, -0.2) is 31.7 Å². The van der Waals surface area contributed by atoms with Gasteiger partial charge in [-0.2, -0.15) is 8.78 Å². The second-order valence-electron chi connectivity index (χ2n) is 4.92. The average molecular weight is 321 g/mol. The van der Waals surface area contributed by atoms with Gasteiger partial charge in [-0.05, 0) is 37.6 Å². The van der Waals surface area contributed by atoms with Crippen LogP contribution in [0, 0.1) is 5.92 Å². The molecule has 21 heavy (non-hydrogen) atoms. The molecule has 4 nitrogen and oxygen atoms in total. The zero-order valence-electron chi connectivity index (χ0n) is 11.6. The second-order valence-corrected chi connectivity index (χ2v) is 4.92. The van der Waals surface area contributed by atoms with E-state index in [1.54, 1.807) is 12.1 Å². The summed E-state index contributed by atoms with van der Waals surface area (Å²) < 4.78 is 29.0. The molecule has 1 fully saturated rings.